The van der Waals surface area contributed by atoms with Crippen molar-refractivity contribution < 1.29 is 23.9 Å². The summed E-state index contributed by atoms with van der Waals surface area (Å²) in [5, 5.41) is 0. The van der Waals surface area contributed by atoms with Crippen molar-refractivity contribution in [3.63, 3.8) is 0 Å². The monoisotopic (exact) mass is 304 g/mol. The molecule has 0 radical (unpaired) electrons. The van der Waals surface area contributed by atoms with Crippen LogP contribution in [0.1, 0.15) is 19.8 Å². The first-order chi connectivity index (χ1) is 9.51. The fourth-order valence-electron chi connectivity index (χ4n) is 1.81. The lowest BCUT2D eigenvalue weighted by atomic mass is 10.1. The van der Waals surface area contributed by atoms with Gasteiger partial charge in [-0.25, -0.2) is 4.79 Å². The van der Waals surface area contributed by atoms with Gasteiger partial charge in [-0.05, 0) is 13.3 Å². The maximum Gasteiger partial charge on any atom is 0.329 e. The van der Waals surface area contributed by atoms with Gasteiger partial charge < -0.3 is 20.1 Å². The predicted octanol–water partition coefficient (Wildman–Crippen LogP) is -0.268. The van der Waals surface area contributed by atoms with E-state index >= 15 is 0 Å². The topological polar surface area (TPSA) is 98.9 Å². The first-order valence-electron chi connectivity index (χ1n) is 6.38. The lowest BCUT2D eigenvalue weighted by Gasteiger charge is -2.22. The molecule has 1 amide bonds. The molecule has 1 rings (SSSR count). The average Bonchev–Trinajstić information content (AvgIpc) is 2.93. The van der Waals surface area contributed by atoms with Crippen LogP contribution in [-0.2, 0) is 23.9 Å². The Balaban J connectivity index is 2.49. The summed E-state index contributed by atoms with van der Waals surface area (Å²) in [4.78, 5) is 36.4. The van der Waals surface area contributed by atoms with Crippen LogP contribution in [0.15, 0.2) is 0 Å². The van der Waals surface area contributed by atoms with E-state index in [1.54, 1.807) is 6.92 Å². The van der Waals surface area contributed by atoms with Crippen molar-refractivity contribution in [3.8, 4) is 0 Å². The number of hydrogen-bond donors (Lipinski definition) is 1. The van der Waals surface area contributed by atoms with E-state index in [0.29, 0.717) is 11.6 Å². The van der Waals surface area contributed by atoms with E-state index in [2.05, 4.69) is 4.74 Å². The van der Waals surface area contributed by atoms with E-state index in [9.17, 15) is 14.4 Å². The summed E-state index contributed by atoms with van der Waals surface area (Å²) in [6.07, 6.45) is 0.301. The van der Waals surface area contributed by atoms with E-state index in [4.69, 9.17) is 10.5 Å². The van der Waals surface area contributed by atoms with Crippen molar-refractivity contribution in [1.82, 2.24) is 4.90 Å². The summed E-state index contributed by atoms with van der Waals surface area (Å²) < 4.78 is 9.44. The number of ether oxygens (including phenoxy) is 2. The molecular weight excluding hydrogens is 284 g/mol. The third-order valence-electron chi connectivity index (χ3n) is 2.93. The highest BCUT2D eigenvalue weighted by molar-refractivity contribution is 7.99. The lowest BCUT2D eigenvalue weighted by molar-refractivity contribution is -0.152. The molecule has 2 N–H and O–H groups in total. The molecular formula is C12H20N2O5S. The maximum atomic E-state index is 12.1. The molecule has 1 aliphatic heterocycles. The zero-order valence-electron chi connectivity index (χ0n) is 11.7. The van der Waals surface area contributed by atoms with Crippen molar-refractivity contribution in [2.24, 2.45) is 5.73 Å². The van der Waals surface area contributed by atoms with Crippen LogP contribution in [0.5, 0.6) is 0 Å². The molecule has 20 heavy (non-hydrogen) atoms. The molecule has 8 heteroatoms. The molecule has 2 atom stereocenters. The van der Waals surface area contributed by atoms with Gasteiger partial charge in [0.15, 0.2) is 0 Å². The Morgan fingerprint density at radius 2 is 2.15 bits per heavy atom. The molecule has 1 fully saturated rings. The van der Waals surface area contributed by atoms with Crippen molar-refractivity contribution in [1.29, 1.82) is 0 Å². The Hall–Kier alpha value is -1.28. The van der Waals surface area contributed by atoms with E-state index in [1.807, 2.05) is 0 Å². The fraction of sp³-hybridized carbons (Fsp3) is 0.750. The average molecular weight is 304 g/mol. The second-order valence-electron chi connectivity index (χ2n) is 4.30. The summed E-state index contributed by atoms with van der Waals surface area (Å²) in [5.74, 6) is -0.144. The molecule has 0 bridgehead atoms. The third kappa shape index (κ3) is 4.38. The molecule has 0 aromatic rings. The third-order valence-corrected chi connectivity index (χ3v) is 3.95. The highest BCUT2D eigenvalue weighted by Crippen LogP contribution is 2.23. The van der Waals surface area contributed by atoms with Gasteiger partial charge in [-0.3, -0.25) is 9.59 Å². The SMILES string of the molecule is CCOC(=O)C1CSCN1C(=O)CCC(N)C(=O)OC. The Labute approximate surface area is 122 Å². The van der Waals surface area contributed by atoms with Crippen LogP contribution in [-0.4, -0.2) is 60.2 Å². The van der Waals surface area contributed by atoms with Gasteiger partial charge in [0.05, 0.1) is 19.6 Å². The molecule has 1 heterocycles. The summed E-state index contributed by atoms with van der Waals surface area (Å²) in [6.45, 7) is 2.01. The van der Waals surface area contributed by atoms with Crippen LogP contribution in [0.25, 0.3) is 0 Å². The second kappa shape index (κ2) is 8.11. The first kappa shape index (κ1) is 16.8. The normalized spacial score (nSPS) is 19.6. The Bertz CT molecular complexity index is 377. The zero-order valence-corrected chi connectivity index (χ0v) is 12.5. The van der Waals surface area contributed by atoms with Crippen molar-refractivity contribution in [2.75, 3.05) is 25.3 Å². The summed E-state index contributed by atoms with van der Waals surface area (Å²) in [5.41, 5.74) is 5.57. The minimum atomic E-state index is -0.819. The molecule has 0 saturated carbocycles. The van der Waals surface area contributed by atoms with Crippen LogP contribution in [0.2, 0.25) is 0 Å². The Morgan fingerprint density at radius 1 is 1.45 bits per heavy atom. The Morgan fingerprint density at radius 3 is 2.75 bits per heavy atom. The molecule has 7 nitrogen and oxygen atoms in total. The molecule has 114 valence electrons. The van der Waals surface area contributed by atoms with Crippen molar-refractivity contribution in [2.45, 2.75) is 31.8 Å². The predicted molar refractivity (Wildman–Crippen MR) is 73.8 cm³/mol. The molecule has 1 saturated heterocycles. The number of carbonyl (C=O) groups excluding carboxylic acids is 3. The summed E-state index contributed by atoms with van der Waals surface area (Å²) in [6, 6.07) is -1.36. The minimum Gasteiger partial charge on any atom is -0.468 e. The number of carbonyl (C=O) groups is 3. The zero-order chi connectivity index (χ0) is 15.1. The quantitative estimate of drug-likeness (QED) is 0.674. The van der Waals surface area contributed by atoms with Gasteiger partial charge >= 0.3 is 11.9 Å². The van der Waals surface area contributed by atoms with E-state index in [0.717, 1.165) is 0 Å². The number of thioether (sulfide) groups is 1. The summed E-state index contributed by atoms with van der Waals surface area (Å²) in [7, 11) is 1.25. The van der Waals surface area contributed by atoms with Crippen molar-refractivity contribution in [3.05, 3.63) is 0 Å². The van der Waals surface area contributed by atoms with Gasteiger partial charge in [-0.1, -0.05) is 0 Å². The minimum absolute atomic E-state index is 0.104. The number of nitrogens with zero attached hydrogens (tertiary/aromatic N) is 1. The molecule has 0 aliphatic carbocycles. The number of rotatable bonds is 6. The number of nitrogens with two attached hydrogens (primary N) is 1. The molecule has 2 unspecified atom stereocenters. The van der Waals surface area contributed by atoms with Gasteiger partial charge in [0.2, 0.25) is 5.91 Å². The van der Waals surface area contributed by atoms with Crippen LogP contribution in [0.4, 0.5) is 0 Å². The van der Waals surface area contributed by atoms with Crippen molar-refractivity contribution >= 4 is 29.6 Å². The van der Waals surface area contributed by atoms with E-state index in [-0.39, 0.29) is 31.3 Å². The number of esters is 2. The molecule has 1 aliphatic rings. The smallest absolute Gasteiger partial charge is 0.329 e. The molecule has 0 spiro atoms. The van der Waals surface area contributed by atoms with Gasteiger partial charge in [0, 0.05) is 12.2 Å². The van der Waals surface area contributed by atoms with Gasteiger partial charge in [-0.2, -0.15) is 0 Å². The molecule has 0 aromatic carbocycles. The van der Waals surface area contributed by atoms with Gasteiger partial charge in [0.1, 0.15) is 12.1 Å². The van der Waals surface area contributed by atoms with Gasteiger partial charge in [0.25, 0.3) is 0 Å². The summed E-state index contributed by atoms with van der Waals surface area (Å²) >= 11 is 1.50. The first-order valence-corrected chi connectivity index (χ1v) is 7.54. The van der Waals surface area contributed by atoms with Crippen LogP contribution in [0, 0.1) is 0 Å². The van der Waals surface area contributed by atoms with E-state index in [1.165, 1.54) is 23.8 Å². The largest absolute Gasteiger partial charge is 0.468 e. The van der Waals surface area contributed by atoms with Gasteiger partial charge in [-0.15, -0.1) is 11.8 Å². The van der Waals surface area contributed by atoms with Crippen LogP contribution in [0.3, 0.4) is 0 Å². The maximum absolute atomic E-state index is 12.1. The number of amides is 1. The highest BCUT2D eigenvalue weighted by atomic mass is 32.2. The number of methoxy groups -OCH3 is 1. The number of hydrogen-bond acceptors (Lipinski definition) is 7. The highest BCUT2D eigenvalue weighted by Gasteiger charge is 2.35. The van der Waals surface area contributed by atoms with E-state index < -0.39 is 18.1 Å². The second-order valence-corrected chi connectivity index (χ2v) is 5.30. The standard InChI is InChI=1S/C12H20N2O5S/c1-3-19-12(17)9-6-20-7-14(9)10(15)5-4-8(13)11(16)18-2/h8-9H,3-7,13H2,1-2H3. The Kier molecular flexibility index (Phi) is 6.80. The fourth-order valence-corrected chi connectivity index (χ4v) is 2.98. The lowest BCUT2D eigenvalue weighted by Crippen LogP contribution is -2.43. The van der Waals surface area contributed by atoms with Crippen LogP contribution < -0.4 is 5.73 Å². The molecule has 0 aromatic heterocycles. The van der Waals surface area contributed by atoms with Crippen LogP contribution >= 0.6 is 11.8 Å².